The summed E-state index contributed by atoms with van der Waals surface area (Å²) in [5.41, 5.74) is 2.55. The van der Waals surface area contributed by atoms with E-state index in [1.54, 1.807) is 48.5 Å². The zero-order valence-corrected chi connectivity index (χ0v) is 19.6. The zero-order valence-electron chi connectivity index (χ0n) is 18.0. The SMILES string of the molecule is CCOc1ccc(NC(=O)c2ccccc2NC(=O)COc2ccc(CC)cc2Br)cc1. The maximum Gasteiger partial charge on any atom is 0.262 e. The van der Waals surface area contributed by atoms with E-state index in [0.717, 1.165) is 16.6 Å². The number of benzene rings is 3. The van der Waals surface area contributed by atoms with Gasteiger partial charge in [0.1, 0.15) is 11.5 Å². The number of amides is 2. The summed E-state index contributed by atoms with van der Waals surface area (Å²) in [7, 11) is 0. The van der Waals surface area contributed by atoms with Gasteiger partial charge in [-0.25, -0.2) is 0 Å². The summed E-state index contributed by atoms with van der Waals surface area (Å²) in [6, 6.07) is 19.7. The van der Waals surface area contributed by atoms with Crippen molar-refractivity contribution in [2.24, 2.45) is 0 Å². The van der Waals surface area contributed by atoms with E-state index in [-0.39, 0.29) is 18.4 Å². The second-order valence-corrected chi connectivity index (χ2v) is 7.77. The predicted molar refractivity (Wildman–Crippen MR) is 130 cm³/mol. The molecule has 3 rings (SSSR count). The summed E-state index contributed by atoms with van der Waals surface area (Å²) in [6.07, 6.45) is 0.912. The number of carbonyl (C=O) groups is 2. The Morgan fingerprint density at radius 3 is 2.34 bits per heavy atom. The highest BCUT2D eigenvalue weighted by Crippen LogP contribution is 2.26. The van der Waals surface area contributed by atoms with E-state index in [2.05, 4.69) is 33.5 Å². The molecule has 0 saturated carbocycles. The third-order valence-corrected chi connectivity index (χ3v) is 5.25. The molecule has 2 amide bonds. The Kier molecular flexibility index (Phi) is 8.27. The average molecular weight is 497 g/mol. The molecule has 32 heavy (non-hydrogen) atoms. The number of halogens is 1. The zero-order chi connectivity index (χ0) is 22.9. The van der Waals surface area contributed by atoms with Crippen molar-refractivity contribution in [2.45, 2.75) is 20.3 Å². The first-order valence-corrected chi connectivity index (χ1v) is 11.1. The minimum Gasteiger partial charge on any atom is -0.494 e. The smallest absolute Gasteiger partial charge is 0.262 e. The number of para-hydroxylation sites is 1. The van der Waals surface area contributed by atoms with Gasteiger partial charge in [0.25, 0.3) is 11.8 Å². The molecule has 0 aromatic heterocycles. The first-order valence-electron chi connectivity index (χ1n) is 10.3. The standard InChI is InChI=1S/C25H25BrN2O4/c1-3-17-9-14-23(21(26)15-17)32-16-24(29)28-22-8-6-5-7-20(22)25(30)27-18-10-12-19(13-11-18)31-4-2/h5-15H,3-4,16H2,1-2H3,(H,27,30)(H,28,29). The summed E-state index contributed by atoms with van der Waals surface area (Å²) in [5.74, 6) is 0.620. The number of hydrogen-bond donors (Lipinski definition) is 2. The van der Waals surface area contributed by atoms with Crippen LogP contribution in [0.4, 0.5) is 11.4 Å². The van der Waals surface area contributed by atoms with Crippen LogP contribution in [0.25, 0.3) is 0 Å². The van der Waals surface area contributed by atoms with Crippen molar-refractivity contribution in [3.05, 3.63) is 82.3 Å². The van der Waals surface area contributed by atoms with Gasteiger partial charge in [-0.05, 0) is 83.4 Å². The van der Waals surface area contributed by atoms with Crippen LogP contribution in [0.1, 0.15) is 29.8 Å². The molecule has 0 unspecified atom stereocenters. The summed E-state index contributed by atoms with van der Waals surface area (Å²) < 4.78 is 11.8. The van der Waals surface area contributed by atoms with Gasteiger partial charge in [0.2, 0.25) is 0 Å². The normalized spacial score (nSPS) is 10.3. The fourth-order valence-electron chi connectivity index (χ4n) is 3.00. The van der Waals surface area contributed by atoms with Crippen LogP contribution in [-0.2, 0) is 11.2 Å². The summed E-state index contributed by atoms with van der Waals surface area (Å²) in [4.78, 5) is 25.2. The van der Waals surface area contributed by atoms with Crippen LogP contribution in [0.15, 0.2) is 71.2 Å². The molecule has 2 N–H and O–H groups in total. The van der Waals surface area contributed by atoms with Crippen molar-refractivity contribution < 1.29 is 19.1 Å². The van der Waals surface area contributed by atoms with Gasteiger partial charge in [-0.1, -0.05) is 25.1 Å². The minimum atomic E-state index is -0.363. The van der Waals surface area contributed by atoms with Crippen molar-refractivity contribution in [1.29, 1.82) is 0 Å². The van der Waals surface area contributed by atoms with E-state index in [0.29, 0.717) is 29.3 Å². The molecule has 0 aliphatic carbocycles. The topological polar surface area (TPSA) is 76.7 Å². The van der Waals surface area contributed by atoms with Crippen molar-refractivity contribution in [2.75, 3.05) is 23.8 Å². The minimum absolute atomic E-state index is 0.182. The Hall–Kier alpha value is -3.32. The molecule has 0 atom stereocenters. The highest BCUT2D eigenvalue weighted by atomic mass is 79.9. The second kappa shape index (κ2) is 11.3. The van der Waals surface area contributed by atoms with Crippen LogP contribution in [0.2, 0.25) is 0 Å². The summed E-state index contributed by atoms with van der Waals surface area (Å²) in [6.45, 7) is 4.37. The fourth-order valence-corrected chi connectivity index (χ4v) is 3.54. The van der Waals surface area contributed by atoms with Gasteiger partial charge in [0, 0.05) is 5.69 Å². The molecule has 0 aliphatic rings. The lowest BCUT2D eigenvalue weighted by Gasteiger charge is -2.13. The van der Waals surface area contributed by atoms with Gasteiger partial charge in [0.15, 0.2) is 6.61 Å². The lowest BCUT2D eigenvalue weighted by molar-refractivity contribution is -0.118. The molecule has 0 spiro atoms. The van der Waals surface area contributed by atoms with E-state index in [9.17, 15) is 9.59 Å². The van der Waals surface area contributed by atoms with Crippen LogP contribution >= 0.6 is 15.9 Å². The molecule has 0 radical (unpaired) electrons. The Bertz CT molecular complexity index is 1080. The first kappa shape index (κ1) is 23.3. The molecule has 6 nitrogen and oxygen atoms in total. The molecule has 3 aromatic rings. The summed E-state index contributed by atoms with van der Waals surface area (Å²) in [5, 5.41) is 5.59. The number of rotatable bonds is 9. The number of carbonyl (C=O) groups excluding carboxylic acids is 2. The van der Waals surface area contributed by atoms with Crippen molar-refractivity contribution in [3.8, 4) is 11.5 Å². The van der Waals surface area contributed by atoms with Crippen LogP contribution in [0.3, 0.4) is 0 Å². The van der Waals surface area contributed by atoms with E-state index in [1.165, 1.54) is 5.56 Å². The second-order valence-electron chi connectivity index (χ2n) is 6.91. The molecule has 166 valence electrons. The predicted octanol–water partition coefficient (Wildman–Crippen LogP) is 5.68. The summed E-state index contributed by atoms with van der Waals surface area (Å²) >= 11 is 3.46. The van der Waals surface area contributed by atoms with E-state index in [4.69, 9.17) is 9.47 Å². The highest BCUT2D eigenvalue weighted by Gasteiger charge is 2.14. The van der Waals surface area contributed by atoms with Gasteiger partial charge in [-0.2, -0.15) is 0 Å². The Labute approximate surface area is 196 Å². The Morgan fingerprint density at radius 1 is 0.906 bits per heavy atom. The van der Waals surface area contributed by atoms with Crippen molar-refractivity contribution in [3.63, 3.8) is 0 Å². The lowest BCUT2D eigenvalue weighted by Crippen LogP contribution is -2.23. The molecule has 0 saturated heterocycles. The van der Waals surface area contributed by atoms with Crippen LogP contribution in [-0.4, -0.2) is 25.0 Å². The van der Waals surface area contributed by atoms with E-state index >= 15 is 0 Å². The van der Waals surface area contributed by atoms with Crippen molar-refractivity contribution >= 4 is 39.1 Å². The molecule has 0 aliphatic heterocycles. The third kappa shape index (κ3) is 6.34. The van der Waals surface area contributed by atoms with Crippen molar-refractivity contribution in [1.82, 2.24) is 0 Å². The van der Waals surface area contributed by atoms with Gasteiger partial charge >= 0.3 is 0 Å². The lowest BCUT2D eigenvalue weighted by atomic mass is 10.1. The molecule has 7 heteroatoms. The molecule has 0 fully saturated rings. The van der Waals surface area contributed by atoms with Gasteiger partial charge in [0.05, 0.1) is 22.3 Å². The van der Waals surface area contributed by atoms with Crippen LogP contribution < -0.4 is 20.1 Å². The van der Waals surface area contributed by atoms with Gasteiger partial charge < -0.3 is 20.1 Å². The number of nitrogens with one attached hydrogen (secondary N) is 2. The van der Waals surface area contributed by atoms with E-state index in [1.807, 2.05) is 25.1 Å². The quantitative estimate of drug-likeness (QED) is 0.399. The molecular formula is C25H25BrN2O4. The first-order chi connectivity index (χ1) is 15.5. The number of hydrogen-bond acceptors (Lipinski definition) is 4. The molecule has 3 aromatic carbocycles. The molecule has 0 bridgehead atoms. The third-order valence-electron chi connectivity index (χ3n) is 4.63. The average Bonchev–Trinajstić information content (AvgIpc) is 2.80. The Balaban J connectivity index is 1.62. The molecular weight excluding hydrogens is 472 g/mol. The maximum absolute atomic E-state index is 12.8. The van der Waals surface area contributed by atoms with E-state index < -0.39 is 0 Å². The van der Waals surface area contributed by atoms with Gasteiger partial charge in [-0.15, -0.1) is 0 Å². The van der Waals surface area contributed by atoms with Crippen LogP contribution in [0, 0.1) is 0 Å². The molecule has 0 heterocycles. The number of anilines is 2. The van der Waals surface area contributed by atoms with Crippen LogP contribution in [0.5, 0.6) is 11.5 Å². The Morgan fingerprint density at radius 2 is 1.66 bits per heavy atom. The largest absolute Gasteiger partial charge is 0.494 e. The maximum atomic E-state index is 12.8. The number of aryl methyl sites for hydroxylation is 1. The number of ether oxygens (including phenoxy) is 2. The highest BCUT2D eigenvalue weighted by molar-refractivity contribution is 9.10. The van der Waals surface area contributed by atoms with Gasteiger partial charge in [-0.3, -0.25) is 9.59 Å². The fraction of sp³-hybridized carbons (Fsp3) is 0.200. The monoisotopic (exact) mass is 496 g/mol.